The molecule has 19 heavy (non-hydrogen) atoms. The molecule has 4 nitrogen and oxygen atoms in total. The van der Waals surface area contributed by atoms with Crippen molar-refractivity contribution in [2.75, 3.05) is 20.3 Å². The summed E-state index contributed by atoms with van der Waals surface area (Å²) in [5, 5.41) is 5.72. The minimum atomic E-state index is -0.455. The van der Waals surface area contributed by atoms with Crippen molar-refractivity contribution < 1.29 is 13.9 Å². The molecule has 6 heteroatoms. The lowest BCUT2D eigenvalue weighted by molar-refractivity contribution is -0.123. The summed E-state index contributed by atoms with van der Waals surface area (Å²) in [7, 11) is 1.57. The highest BCUT2D eigenvalue weighted by Crippen LogP contribution is 2.17. The first kappa shape index (κ1) is 15.9. The third kappa shape index (κ3) is 5.14. The molecule has 0 aliphatic carbocycles. The van der Waals surface area contributed by atoms with E-state index in [0.29, 0.717) is 18.7 Å². The van der Waals surface area contributed by atoms with Gasteiger partial charge >= 0.3 is 0 Å². The molecule has 0 bridgehead atoms. The zero-order chi connectivity index (χ0) is 14.3. The standard InChI is InChI=1S/C13H18ClFN2O2/c1-9(13(18)16-6-7-19-2)17-8-10-4-3-5-11(14)12(10)15/h3-5,9,17H,6-8H2,1-2H3,(H,16,18). The van der Waals surface area contributed by atoms with Crippen LogP contribution in [0, 0.1) is 5.82 Å². The molecule has 0 aliphatic rings. The van der Waals surface area contributed by atoms with Crippen molar-refractivity contribution in [3.8, 4) is 0 Å². The van der Waals surface area contributed by atoms with E-state index in [1.165, 1.54) is 6.07 Å². The average Bonchev–Trinajstić information content (AvgIpc) is 2.40. The molecule has 0 heterocycles. The van der Waals surface area contributed by atoms with Gasteiger partial charge in [-0.05, 0) is 13.0 Å². The Balaban J connectivity index is 2.43. The van der Waals surface area contributed by atoms with Crippen LogP contribution in [0.4, 0.5) is 4.39 Å². The van der Waals surface area contributed by atoms with Gasteiger partial charge in [-0.2, -0.15) is 0 Å². The lowest BCUT2D eigenvalue weighted by atomic mass is 10.2. The number of rotatable bonds is 7. The lowest BCUT2D eigenvalue weighted by Crippen LogP contribution is -2.42. The number of carbonyl (C=O) groups excluding carboxylic acids is 1. The number of halogens is 2. The first-order valence-electron chi connectivity index (χ1n) is 5.99. The Labute approximate surface area is 117 Å². The minimum absolute atomic E-state index is 0.0801. The molecule has 2 N–H and O–H groups in total. The van der Waals surface area contributed by atoms with Crippen molar-refractivity contribution in [1.82, 2.24) is 10.6 Å². The third-order valence-electron chi connectivity index (χ3n) is 2.63. The number of ether oxygens (including phenoxy) is 1. The molecular formula is C13H18ClFN2O2. The second-order valence-electron chi connectivity index (χ2n) is 4.10. The van der Waals surface area contributed by atoms with Crippen LogP contribution in [0.2, 0.25) is 5.02 Å². The highest BCUT2D eigenvalue weighted by atomic mass is 35.5. The molecule has 1 amide bonds. The van der Waals surface area contributed by atoms with Gasteiger partial charge in [0.1, 0.15) is 5.82 Å². The Bertz CT molecular complexity index is 429. The zero-order valence-electron chi connectivity index (χ0n) is 11.0. The largest absolute Gasteiger partial charge is 0.383 e. The van der Waals surface area contributed by atoms with Crippen molar-refractivity contribution in [2.45, 2.75) is 19.5 Å². The summed E-state index contributed by atoms with van der Waals surface area (Å²) in [5.41, 5.74) is 0.434. The van der Waals surface area contributed by atoms with E-state index in [-0.39, 0.29) is 17.5 Å². The van der Waals surface area contributed by atoms with Crippen molar-refractivity contribution in [3.05, 3.63) is 34.6 Å². The molecule has 1 atom stereocenters. The maximum atomic E-state index is 13.6. The van der Waals surface area contributed by atoms with Gasteiger partial charge in [0.15, 0.2) is 0 Å². The van der Waals surface area contributed by atoms with Gasteiger partial charge in [0, 0.05) is 25.8 Å². The second-order valence-corrected chi connectivity index (χ2v) is 4.51. The van der Waals surface area contributed by atoms with Crippen molar-refractivity contribution in [3.63, 3.8) is 0 Å². The first-order valence-corrected chi connectivity index (χ1v) is 6.37. The number of hydrogen-bond acceptors (Lipinski definition) is 3. The fourth-order valence-electron chi connectivity index (χ4n) is 1.47. The van der Waals surface area contributed by atoms with Gasteiger partial charge < -0.3 is 15.4 Å². The summed E-state index contributed by atoms with van der Waals surface area (Å²) < 4.78 is 18.4. The molecule has 1 aromatic carbocycles. The fraction of sp³-hybridized carbons (Fsp3) is 0.462. The summed E-state index contributed by atoms with van der Waals surface area (Å²) in [6.45, 7) is 2.87. The molecule has 0 aliphatic heterocycles. The summed E-state index contributed by atoms with van der Waals surface area (Å²) >= 11 is 5.68. The Hall–Kier alpha value is -1.17. The quantitative estimate of drug-likeness (QED) is 0.751. The highest BCUT2D eigenvalue weighted by molar-refractivity contribution is 6.30. The average molecular weight is 289 g/mol. The molecule has 0 aromatic heterocycles. The topological polar surface area (TPSA) is 50.4 Å². The van der Waals surface area contributed by atoms with Crippen LogP contribution in [0.1, 0.15) is 12.5 Å². The summed E-state index contributed by atoms with van der Waals surface area (Å²) in [6.07, 6.45) is 0. The fourth-order valence-corrected chi connectivity index (χ4v) is 1.66. The van der Waals surface area contributed by atoms with Crippen LogP contribution < -0.4 is 10.6 Å². The number of carbonyl (C=O) groups is 1. The monoisotopic (exact) mass is 288 g/mol. The molecule has 0 saturated heterocycles. The van der Waals surface area contributed by atoms with Gasteiger partial charge in [-0.15, -0.1) is 0 Å². The minimum Gasteiger partial charge on any atom is -0.383 e. The van der Waals surface area contributed by atoms with E-state index >= 15 is 0 Å². The Morgan fingerprint density at radius 1 is 1.53 bits per heavy atom. The van der Waals surface area contributed by atoms with E-state index in [0.717, 1.165) is 0 Å². The molecule has 106 valence electrons. The van der Waals surface area contributed by atoms with E-state index in [4.69, 9.17) is 16.3 Å². The summed E-state index contributed by atoms with van der Waals surface area (Å²) in [4.78, 5) is 11.6. The highest BCUT2D eigenvalue weighted by Gasteiger charge is 2.13. The van der Waals surface area contributed by atoms with Crippen molar-refractivity contribution in [1.29, 1.82) is 0 Å². The normalized spacial score (nSPS) is 12.2. The molecule has 0 fully saturated rings. The number of methoxy groups -OCH3 is 1. The van der Waals surface area contributed by atoms with Crippen molar-refractivity contribution in [2.24, 2.45) is 0 Å². The van der Waals surface area contributed by atoms with Crippen LogP contribution in [0.15, 0.2) is 18.2 Å². The van der Waals surface area contributed by atoms with Gasteiger partial charge in [0.05, 0.1) is 17.7 Å². The van der Waals surface area contributed by atoms with Crippen LogP contribution in [-0.2, 0) is 16.1 Å². The SMILES string of the molecule is COCCNC(=O)C(C)NCc1cccc(Cl)c1F. The number of hydrogen-bond donors (Lipinski definition) is 2. The molecule has 1 unspecified atom stereocenters. The smallest absolute Gasteiger partial charge is 0.236 e. The van der Waals surface area contributed by atoms with E-state index < -0.39 is 11.9 Å². The van der Waals surface area contributed by atoms with Crippen LogP contribution in [-0.4, -0.2) is 32.2 Å². The predicted octanol–water partition coefficient (Wildman–Crippen LogP) is 1.72. The Morgan fingerprint density at radius 3 is 2.95 bits per heavy atom. The molecule has 1 aromatic rings. The van der Waals surface area contributed by atoms with E-state index in [9.17, 15) is 9.18 Å². The van der Waals surface area contributed by atoms with E-state index in [1.807, 2.05) is 0 Å². The Kier molecular flexibility index (Phi) is 6.77. The first-order chi connectivity index (χ1) is 9.06. The summed E-state index contributed by atoms with van der Waals surface area (Å²) in [5.74, 6) is -0.608. The maximum Gasteiger partial charge on any atom is 0.236 e. The van der Waals surface area contributed by atoms with Crippen LogP contribution >= 0.6 is 11.6 Å². The third-order valence-corrected chi connectivity index (χ3v) is 2.92. The van der Waals surface area contributed by atoms with Gasteiger partial charge in [-0.1, -0.05) is 23.7 Å². The van der Waals surface area contributed by atoms with E-state index in [1.54, 1.807) is 26.2 Å². The Morgan fingerprint density at radius 2 is 2.26 bits per heavy atom. The van der Waals surface area contributed by atoms with Gasteiger partial charge in [-0.25, -0.2) is 4.39 Å². The summed E-state index contributed by atoms with van der Waals surface area (Å²) in [6, 6.07) is 4.37. The van der Waals surface area contributed by atoms with Gasteiger partial charge in [0.2, 0.25) is 5.91 Å². The van der Waals surface area contributed by atoms with E-state index in [2.05, 4.69) is 10.6 Å². The number of benzene rings is 1. The van der Waals surface area contributed by atoms with Crippen LogP contribution in [0.3, 0.4) is 0 Å². The van der Waals surface area contributed by atoms with Crippen LogP contribution in [0.25, 0.3) is 0 Å². The molecule has 1 rings (SSSR count). The molecule has 0 spiro atoms. The van der Waals surface area contributed by atoms with Crippen molar-refractivity contribution >= 4 is 17.5 Å². The van der Waals surface area contributed by atoms with Crippen LogP contribution in [0.5, 0.6) is 0 Å². The maximum absolute atomic E-state index is 13.6. The lowest BCUT2D eigenvalue weighted by Gasteiger charge is -2.14. The zero-order valence-corrected chi connectivity index (χ0v) is 11.8. The van der Waals surface area contributed by atoms with Gasteiger partial charge in [0.25, 0.3) is 0 Å². The molecular weight excluding hydrogens is 271 g/mol. The second kappa shape index (κ2) is 8.09. The molecule has 0 saturated carbocycles. The molecule has 0 radical (unpaired) electrons. The van der Waals surface area contributed by atoms with Gasteiger partial charge in [-0.3, -0.25) is 4.79 Å². The number of amides is 1. The predicted molar refractivity (Wildman–Crippen MR) is 72.6 cm³/mol. The number of nitrogens with one attached hydrogen (secondary N) is 2.